The summed E-state index contributed by atoms with van der Waals surface area (Å²) in [6.45, 7) is 1.74. The van der Waals surface area contributed by atoms with Crippen LogP contribution >= 0.6 is 22.6 Å². The highest BCUT2D eigenvalue weighted by Gasteiger charge is 2.13. The van der Waals surface area contributed by atoms with E-state index in [9.17, 15) is 9.59 Å². The van der Waals surface area contributed by atoms with Crippen LogP contribution in [0.2, 0.25) is 0 Å². The minimum absolute atomic E-state index is 0.277. The molecular formula is C20H20IN3O4. The first kappa shape index (κ1) is 20.1. The Bertz CT molecular complexity index is 878. The number of rotatable bonds is 7. The van der Waals surface area contributed by atoms with Gasteiger partial charge in [0.25, 0.3) is 5.91 Å². The van der Waals surface area contributed by atoms with E-state index in [1.54, 1.807) is 30.3 Å². The quantitative estimate of drug-likeness (QED) is 0.352. The highest BCUT2D eigenvalue weighted by Crippen LogP contribution is 2.22. The zero-order chi connectivity index (χ0) is 19.9. The van der Waals surface area contributed by atoms with Crippen molar-refractivity contribution in [2.24, 2.45) is 5.10 Å². The van der Waals surface area contributed by atoms with Crippen molar-refractivity contribution >= 4 is 46.4 Å². The number of nitrogens with one attached hydrogen (secondary N) is 1. The molecule has 0 atom stereocenters. The lowest BCUT2D eigenvalue weighted by Gasteiger charge is -2.17. The summed E-state index contributed by atoms with van der Waals surface area (Å²) in [5.74, 6) is -0.819. The molecule has 2 aromatic carbocycles. The van der Waals surface area contributed by atoms with Gasteiger partial charge in [-0.15, -0.1) is 0 Å². The van der Waals surface area contributed by atoms with E-state index >= 15 is 0 Å². The van der Waals surface area contributed by atoms with Crippen LogP contribution < -0.4 is 15.1 Å². The number of carboxylic acid groups (broad SMARTS) is 1. The normalized spacial score (nSPS) is 13.7. The van der Waals surface area contributed by atoms with Gasteiger partial charge < -0.3 is 14.7 Å². The molecule has 3 rings (SSSR count). The van der Waals surface area contributed by atoms with Gasteiger partial charge >= 0.3 is 5.97 Å². The molecule has 0 saturated carbocycles. The van der Waals surface area contributed by atoms with Gasteiger partial charge in [-0.25, -0.2) is 10.2 Å². The molecule has 7 nitrogen and oxygen atoms in total. The third-order valence-corrected chi connectivity index (χ3v) is 5.13. The Morgan fingerprint density at radius 1 is 1.18 bits per heavy atom. The molecule has 0 radical (unpaired) electrons. The van der Waals surface area contributed by atoms with E-state index in [1.165, 1.54) is 19.1 Å². The van der Waals surface area contributed by atoms with Crippen LogP contribution in [-0.2, 0) is 4.79 Å². The number of carbonyl (C=O) groups is 2. The number of halogens is 1. The predicted octanol–water partition coefficient (Wildman–Crippen LogP) is 3.12. The summed E-state index contributed by atoms with van der Waals surface area (Å²) in [4.78, 5) is 25.1. The summed E-state index contributed by atoms with van der Waals surface area (Å²) in [5, 5.41) is 12.7. The smallest absolute Gasteiger partial charge is 0.341 e. The Morgan fingerprint density at radius 2 is 1.89 bits per heavy atom. The van der Waals surface area contributed by atoms with E-state index in [2.05, 4.69) is 38.0 Å². The average molecular weight is 493 g/mol. The highest BCUT2D eigenvalue weighted by molar-refractivity contribution is 14.1. The Morgan fingerprint density at radius 3 is 2.54 bits per heavy atom. The first-order chi connectivity index (χ1) is 13.5. The van der Waals surface area contributed by atoms with Crippen molar-refractivity contribution in [1.82, 2.24) is 5.43 Å². The van der Waals surface area contributed by atoms with E-state index in [0.29, 0.717) is 11.3 Å². The van der Waals surface area contributed by atoms with Crippen molar-refractivity contribution < 1.29 is 19.4 Å². The van der Waals surface area contributed by atoms with Gasteiger partial charge in [0.15, 0.2) is 6.61 Å². The summed E-state index contributed by atoms with van der Waals surface area (Å²) in [5.41, 5.74) is 4.96. The molecule has 0 spiro atoms. The van der Waals surface area contributed by atoms with Crippen LogP contribution in [0.4, 0.5) is 5.69 Å². The van der Waals surface area contributed by atoms with Crippen molar-refractivity contribution in [2.75, 3.05) is 24.6 Å². The second-order valence-corrected chi connectivity index (χ2v) is 7.47. The molecule has 1 saturated heterocycles. The van der Waals surface area contributed by atoms with E-state index in [1.807, 2.05) is 12.1 Å². The number of benzene rings is 2. The minimum atomic E-state index is -1.03. The number of hydrogen-bond acceptors (Lipinski definition) is 5. The molecule has 0 aliphatic carbocycles. The number of carboxylic acids is 1. The average Bonchev–Trinajstić information content (AvgIpc) is 3.22. The highest BCUT2D eigenvalue weighted by atomic mass is 127. The molecule has 1 aliphatic rings. The maximum absolute atomic E-state index is 12.2. The molecule has 8 heteroatoms. The Balaban J connectivity index is 1.55. The number of ether oxygens (including phenoxy) is 1. The summed E-state index contributed by atoms with van der Waals surface area (Å²) < 4.78 is 5.93. The minimum Gasteiger partial charge on any atom is -0.481 e. The monoisotopic (exact) mass is 493 g/mol. The summed E-state index contributed by atoms with van der Waals surface area (Å²) >= 11 is 2.06. The van der Waals surface area contributed by atoms with Crippen LogP contribution in [0, 0.1) is 3.57 Å². The maximum atomic E-state index is 12.2. The fourth-order valence-electron chi connectivity index (χ4n) is 2.88. The van der Waals surface area contributed by atoms with Crippen molar-refractivity contribution in [3.05, 3.63) is 57.2 Å². The molecule has 2 N–H and O–H groups in total. The van der Waals surface area contributed by atoms with Crippen molar-refractivity contribution in [1.29, 1.82) is 0 Å². The lowest BCUT2D eigenvalue weighted by atomic mass is 10.2. The molecule has 1 fully saturated rings. The van der Waals surface area contributed by atoms with E-state index < -0.39 is 12.6 Å². The fourth-order valence-corrected chi connectivity index (χ4v) is 3.58. The number of aliphatic carboxylic acids is 1. The van der Waals surface area contributed by atoms with Crippen LogP contribution in [0.3, 0.4) is 0 Å². The molecule has 0 bridgehead atoms. The Hall–Kier alpha value is -2.62. The number of carbonyl (C=O) groups excluding carboxylic acids is 1. The molecule has 1 amide bonds. The molecule has 0 unspecified atom stereocenters. The third-order valence-electron chi connectivity index (χ3n) is 4.29. The van der Waals surface area contributed by atoms with E-state index in [-0.39, 0.29) is 5.91 Å². The lowest BCUT2D eigenvalue weighted by molar-refractivity contribution is -0.139. The molecule has 28 heavy (non-hydrogen) atoms. The van der Waals surface area contributed by atoms with Crippen LogP contribution in [0.1, 0.15) is 28.8 Å². The maximum Gasteiger partial charge on any atom is 0.341 e. The van der Waals surface area contributed by atoms with Crippen LogP contribution in [-0.4, -0.2) is 42.9 Å². The van der Waals surface area contributed by atoms with Gasteiger partial charge in [-0.05, 0) is 83.5 Å². The van der Waals surface area contributed by atoms with E-state index in [0.717, 1.165) is 27.9 Å². The van der Waals surface area contributed by atoms with Gasteiger partial charge in [0.2, 0.25) is 0 Å². The van der Waals surface area contributed by atoms with Crippen LogP contribution in [0.25, 0.3) is 0 Å². The topological polar surface area (TPSA) is 91.2 Å². The van der Waals surface area contributed by atoms with Gasteiger partial charge in [0.05, 0.1) is 9.78 Å². The number of nitrogens with zero attached hydrogens (tertiary/aromatic N) is 2. The predicted molar refractivity (Wildman–Crippen MR) is 115 cm³/mol. The van der Waals surface area contributed by atoms with Crippen LogP contribution in [0.15, 0.2) is 47.6 Å². The first-order valence-corrected chi connectivity index (χ1v) is 9.93. The SMILES string of the molecule is O=C(O)COc1ccc(/C=N\NC(=O)c2ccc(N3CCCC3)cc2)cc1I. The number of hydrazone groups is 1. The zero-order valence-corrected chi connectivity index (χ0v) is 17.3. The third kappa shape index (κ3) is 5.44. The summed E-state index contributed by atoms with van der Waals surface area (Å²) in [6, 6.07) is 12.7. The van der Waals surface area contributed by atoms with Gasteiger partial charge in [-0.1, -0.05) is 0 Å². The molecule has 1 heterocycles. The van der Waals surface area contributed by atoms with Gasteiger partial charge in [-0.2, -0.15) is 5.10 Å². The first-order valence-electron chi connectivity index (χ1n) is 8.85. The zero-order valence-electron chi connectivity index (χ0n) is 15.1. The van der Waals surface area contributed by atoms with E-state index in [4.69, 9.17) is 9.84 Å². The largest absolute Gasteiger partial charge is 0.481 e. The molecule has 1 aliphatic heterocycles. The fraction of sp³-hybridized carbons (Fsp3) is 0.250. The van der Waals surface area contributed by atoms with Crippen molar-refractivity contribution in [3.63, 3.8) is 0 Å². The number of anilines is 1. The molecule has 0 aromatic heterocycles. The standard InChI is InChI=1S/C20H20IN3O4/c21-17-11-14(3-8-18(17)28-13-19(25)26)12-22-23-20(27)15-4-6-16(7-5-15)24-9-1-2-10-24/h3-8,11-12H,1-2,9-10,13H2,(H,23,27)(H,25,26)/b22-12-. The molecular weight excluding hydrogens is 473 g/mol. The lowest BCUT2D eigenvalue weighted by Crippen LogP contribution is -2.19. The van der Waals surface area contributed by atoms with Gasteiger partial charge in [-0.3, -0.25) is 4.79 Å². The summed E-state index contributed by atoms with van der Waals surface area (Å²) in [6.07, 6.45) is 3.95. The van der Waals surface area contributed by atoms with Crippen molar-refractivity contribution in [3.8, 4) is 5.75 Å². The second kappa shape index (κ2) is 9.54. The second-order valence-electron chi connectivity index (χ2n) is 6.31. The Labute approximate surface area is 176 Å². The van der Waals surface area contributed by atoms with Gasteiger partial charge in [0.1, 0.15) is 5.75 Å². The van der Waals surface area contributed by atoms with Crippen molar-refractivity contribution in [2.45, 2.75) is 12.8 Å². The van der Waals surface area contributed by atoms with Gasteiger partial charge in [0, 0.05) is 24.3 Å². The number of hydrogen-bond donors (Lipinski definition) is 2. The molecule has 146 valence electrons. The summed E-state index contributed by atoms with van der Waals surface area (Å²) in [7, 11) is 0. The molecule has 2 aromatic rings. The number of amides is 1. The Kier molecular flexibility index (Phi) is 6.85. The van der Waals surface area contributed by atoms with Crippen LogP contribution in [0.5, 0.6) is 5.75 Å².